The fourth-order valence-corrected chi connectivity index (χ4v) is 4.47. The van der Waals surface area contributed by atoms with Crippen molar-refractivity contribution in [1.82, 2.24) is 5.32 Å². The van der Waals surface area contributed by atoms with E-state index in [9.17, 15) is 0 Å². The third kappa shape index (κ3) is 5.86. The molecule has 3 aromatic rings. The van der Waals surface area contributed by atoms with E-state index in [2.05, 4.69) is 97.2 Å². The van der Waals surface area contributed by atoms with E-state index in [4.69, 9.17) is 4.74 Å². The number of nitrogens with one attached hydrogen (secondary N) is 1. The molecule has 2 heteroatoms. The lowest BCUT2D eigenvalue weighted by molar-refractivity contribution is 0.283. The lowest BCUT2D eigenvalue weighted by atomic mass is 9.89. The van der Waals surface area contributed by atoms with Gasteiger partial charge in [0.15, 0.2) is 0 Å². The molecule has 0 spiro atoms. The van der Waals surface area contributed by atoms with Crippen molar-refractivity contribution < 1.29 is 4.74 Å². The van der Waals surface area contributed by atoms with Gasteiger partial charge in [-0.1, -0.05) is 79.7 Å². The fourth-order valence-electron chi connectivity index (χ4n) is 4.47. The summed E-state index contributed by atoms with van der Waals surface area (Å²) in [6, 6.07) is 30.3. The molecule has 1 aliphatic rings. The van der Waals surface area contributed by atoms with Crippen LogP contribution in [0.25, 0.3) is 11.1 Å². The number of ether oxygens (including phenoxy) is 1. The molecule has 1 N–H and O–H groups in total. The van der Waals surface area contributed by atoms with Crippen molar-refractivity contribution in [3.8, 4) is 5.75 Å². The van der Waals surface area contributed by atoms with Gasteiger partial charge >= 0.3 is 0 Å². The molecule has 2 nitrogen and oxygen atoms in total. The first kappa shape index (κ1) is 21.4. The zero-order valence-corrected chi connectivity index (χ0v) is 18.5. The van der Waals surface area contributed by atoms with E-state index in [1.807, 2.05) is 0 Å². The summed E-state index contributed by atoms with van der Waals surface area (Å²) in [6.45, 7) is 5.34. The van der Waals surface area contributed by atoms with E-state index in [-0.39, 0.29) is 0 Å². The van der Waals surface area contributed by atoms with E-state index in [0.29, 0.717) is 0 Å². The molecule has 160 valence electrons. The smallest absolute Gasteiger partial charge is 0.119 e. The minimum atomic E-state index is 0.764. The van der Waals surface area contributed by atoms with Gasteiger partial charge in [0.2, 0.25) is 0 Å². The highest BCUT2D eigenvalue weighted by molar-refractivity contribution is 5.91. The predicted octanol–water partition coefficient (Wildman–Crippen LogP) is 6.63. The average Bonchev–Trinajstić information content (AvgIpc) is 3.35. The van der Waals surface area contributed by atoms with Gasteiger partial charge in [0.25, 0.3) is 0 Å². The number of benzene rings is 3. The molecule has 3 aromatic carbocycles. The van der Waals surface area contributed by atoms with E-state index in [1.165, 1.54) is 34.3 Å². The minimum Gasteiger partial charge on any atom is -0.494 e. The minimum absolute atomic E-state index is 0.764. The van der Waals surface area contributed by atoms with Crippen LogP contribution in [0, 0.1) is 5.92 Å². The summed E-state index contributed by atoms with van der Waals surface area (Å²) in [5, 5.41) is 3.43. The lowest BCUT2D eigenvalue weighted by Gasteiger charge is -2.17. The number of hydrogen-bond acceptors (Lipinski definition) is 2. The number of rotatable bonds is 9. The normalized spacial score (nSPS) is 16.7. The van der Waals surface area contributed by atoms with Crippen molar-refractivity contribution in [3.05, 3.63) is 102 Å². The van der Waals surface area contributed by atoms with Crippen LogP contribution in [0.3, 0.4) is 0 Å². The quantitative estimate of drug-likeness (QED) is 0.399. The van der Waals surface area contributed by atoms with Gasteiger partial charge in [0, 0.05) is 0 Å². The van der Waals surface area contributed by atoms with E-state index in [1.54, 1.807) is 0 Å². The number of allylic oxidation sites excluding steroid dienone is 2. The van der Waals surface area contributed by atoms with Crippen molar-refractivity contribution in [2.75, 3.05) is 19.7 Å². The molecule has 1 heterocycles. The predicted molar refractivity (Wildman–Crippen MR) is 131 cm³/mol. The van der Waals surface area contributed by atoms with Crippen molar-refractivity contribution in [3.63, 3.8) is 0 Å². The van der Waals surface area contributed by atoms with Crippen LogP contribution in [-0.2, 0) is 6.42 Å². The molecular weight excluding hydrogens is 378 g/mol. The van der Waals surface area contributed by atoms with Gasteiger partial charge in [0.1, 0.15) is 5.75 Å². The second-order valence-corrected chi connectivity index (χ2v) is 8.36. The van der Waals surface area contributed by atoms with Crippen LogP contribution in [0.1, 0.15) is 42.9 Å². The van der Waals surface area contributed by atoms with Crippen LogP contribution >= 0.6 is 0 Å². The van der Waals surface area contributed by atoms with Crippen LogP contribution in [-0.4, -0.2) is 19.7 Å². The third-order valence-electron chi connectivity index (χ3n) is 6.22. The van der Waals surface area contributed by atoms with Crippen LogP contribution < -0.4 is 10.1 Å². The van der Waals surface area contributed by atoms with Gasteiger partial charge < -0.3 is 10.1 Å². The van der Waals surface area contributed by atoms with Crippen molar-refractivity contribution >= 4 is 11.1 Å². The molecular formula is C29H33NO. The molecule has 0 aromatic heterocycles. The first-order valence-corrected chi connectivity index (χ1v) is 11.6. The van der Waals surface area contributed by atoms with Crippen LogP contribution in [0.4, 0.5) is 0 Å². The molecule has 1 unspecified atom stereocenters. The second-order valence-electron chi connectivity index (χ2n) is 8.36. The summed E-state index contributed by atoms with van der Waals surface area (Å²) >= 11 is 0. The Bertz CT molecular complexity index is 955. The molecule has 0 aliphatic carbocycles. The maximum atomic E-state index is 6.03. The van der Waals surface area contributed by atoms with Crippen LogP contribution in [0.2, 0.25) is 0 Å². The highest BCUT2D eigenvalue weighted by atomic mass is 16.5. The molecule has 4 rings (SSSR count). The van der Waals surface area contributed by atoms with E-state index in [0.717, 1.165) is 50.6 Å². The largest absolute Gasteiger partial charge is 0.494 e. The third-order valence-corrected chi connectivity index (χ3v) is 6.22. The van der Waals surface area contributed by atoms with E-state index >= 15 is 0 Å². The maximum Gasteiger partial charge on any atom is 0.119 e. The van der Waals surface area contributed by atoms with Gasteiger partial charge in [-0.15, -0.1) is 0 Å². The van der Waals surface area contributed by atoms with Crippen LogP contribution in [0.5, 0.6) is 5.75 Å². The molecule has 0 saturated carbocycles. The maximum absolute atomic E-state index is 6.03. The Morgan fingerprint density at radius 3 is 2.16 bits per heavy atom. The lowest BCUT2D eigenvalue weighted by Crippen LogP contribution is -2.11. The van der Waals surface area contributed by atoms with Gasteiger partial charge in [-0.3, -0.25) is 0 Å². The van der Waals surface area contributed by atoms with Crippen molar-refractivity contribution in [1.29, 1.82) is 0 Å². The highest BCUT2D eigenvalue weighted by Gasteiger charge is 2.14. The first-order chi connectivity index (χ1) is 15.3. The zero-order chi connectivity index (χ0) is 21.3. The summed E-state index contributed by atoms with van der Waals surface area (Å²) in [5.74, 6) is 1.73. The molecule has 0 radical (unpaired) electrons. The van der Waals surface area contributed by atoms with Crippen molar-refractivity contribution in [2.45, 2.75) is 32.6 Å². The Morgan fingerprint density at radius 2 is 1.52 bits per heavy atom. The highest BCUT2D eigenvalue weighted by Crippen LogP contribution is 2.32. The molecule has 1 saturated heterocycles. The second kappa shape index (κ2) is 11.0. The van der Waals surface area contributed by atoms with Crippen LogP contribution in [0.15, 0.2) is 84.9 Å². The molecule has 1 aliphatic heterocycles. The SMILES string of the molecule is CCC(=C(Cc1ccccc1)c1ccccc1)c1ccc(OCCC2CCNC2)cc1. The summed E-state index contributed by atoms with van der Waals surface area (Å²) in [6.07, 6.45) is 4.33. The Kier molecular flexibility index (Phi) is 7.57. The summed E-state index contributed by atoms with van der Waals surface area (Å²) in [4.78, 5) is 0. The Morgan fingerprint density at radius 1 is 0.839 bits per heavy atom. The fraction of sp³-hybridized carbons (Fsp3) is 0.310. The molecule has 0 amide bonds. The topological polar surface area (TPSA) is 21.3 Å². The van der Waals surface area contributed by atoms with Crippen molar-refractivity contribution in [2.24, 2.45) is 5.92 Å². The number of hydrogen-bond donors (Lipinski definition) is 1. The summed E-state index contributed by atoms with van der Waals surface area (Å²) < 4.78 is 6.03. The zero-order valence-electron chi connectivity index (χ0n) is 18.5. The molecule has 1 atom stereocenters. The summed E-state index contributed by atoms with van der Waals surface area (Å²) in [7, 11) is 0. The van der Waals surface area contributed by atoms with Gasteiger partial charge in [0.05, 0.1) is 6.61 Å². The Balaban J connectivity index is 1.55. The Labute approximate surface area is 187 Å². The molecule has 1 fully saturated rings. The monoisotopic (exact) mass is 411 g/mol. The van der Waals surface area contributed by atoms with Gasteiger partial charge in [-0.25, -0.2) is 0 Å². The molecule has 0 bridgehead atoms. The average molecular weight is 412 g/mol. The van der Waals surface area contributed by atoms with E-state index < -0.39 is 0 Å². The Hall–Kier alpha value is -2.84. The standard InChI is InChI=1S/C29H33NO/c1-2-28(26-13-15-27(16-14-26)31-20-18-24-17-19-30-22-24)29(25-11-7-4-8-12-25)21-23-9-5-3-6-10-23/h3-16,24,30H,2,17-22H2,1H3. The van der Waals surface area contributed by atoms with Gasteiger partial charge in [-0.05, 0) is 84.7 Å². The first-order valence-electron chi connectivity index (χ1n) is 11.6. The van der Waals surface area contributed by atoms with Gasteiger partial charge in [-0.2, -0.15) is 0 Å². The molecule has 31 heavy (non-hydrogen) atoms. The summed E-state index contributed by atoms with van der Waals surface area (Å²) in [5.41, 5.74) is 6.72.